The predicted octanol–water partition coefficient (Wildman–Crippen LogP) is 1.66. The molecule has 0 bridgehead atoms. The smallest absolute Gasteiger partial charge is 0.280 e. The van der Waals surface area contributed by atoms with E-state index < -0.39 is 5.91 Å². The van der Waals surface area contributed by atoms with Crippen LogP contribution < -0.4 is 5.62 Å². The number of aliphatic hydroxyl groups excluding tert-OH is 1. The molecule has 174 valence electrons. The quantitative estimate of drug-likeness (QED) is 0.390. The highest BCUT2D eigenvalue weighted by Crippen LogP contribution is 2.27. The molecule has 4 rings (SSSR count). The number of carbonyl (C=O) groups is 1. The second-order valence-corrected chi connectivity index (χ2v) is 8.34. The van der Waals surface area contributed by atoms with Crippen LogP contribution in [-0.4, -0.2) is 56.8 Å². The Morgan fingerprint density at radius 2 is 1.97 bits per heavy atom. The van der Waals surface area contributed by atoms with Gasteiger partial charge in [0.15, 0.2) is 5.65 Å². The summed E-state index contributed by atoms with van der Waals surface area (Å²) in [6.45, 7) is 4.65. The van der Waals surface area contributed by atoms with Gasteiger partial charge in [-0.15, -0.1) is 0 Å². The van der Waals surface area contributed by atoms with Gasteiger partial charge in [-0.25, -0.2) is 4.68 Å². The lowest BCUT2D eigenvalue weighted by atomic mass is 10.1. The van der Waals surface area contributed by atoms with Crippen molar-refractivity contribution in [3.63, 3.8) is 0 Å². The molecule has 0 unspecified atom stereocenters. The Bertz CT molecular complexity index is 1370. The lowest BCUT2D eigenvalue weighted by molar-refractivity contribution is 0.0996. The topological polar surface area (TPSA) is 139 Å². The Hall–Kier alpha value is -3.73. The highest BCUT2D eigenvalue weighted by atomic mass is 16.3. The molecular formula is C22H28N8O3. The van der Waals surface area contributed by atoms with Gasteiger partial charge in [-0.1, -0.05) is 6.92 Å². The third kappa shape index (κ3) is 4.44. The number of rotatable bonds is 7. The van der Waals surface area contributed by atoms with Crippen LogP contribution in [0.5, 0.6) is 5.88 Å². The molecular weight excluding hydrogens is 424 g/mol. The zero-order chi connectivity index (χ0) is 23.7. The number of H-pyrrole nitrogens is 1. The number of hydrogen-bond acceptors (Lipinski definition) is 6. The molecule has 0 spiro atoms. The molecule has 3 N–H and O–H groups in total. The average Bonchev–Trinajstić information content (AvgIpc) is 3.42. The van der Waals surface area contributed by atoms with E-state index >= 15 is 0 Å². The number of aromatic amines is 1. The maximum atomic E-state index is 13.2. The molecule has 0 aliphatic carbocycles. The maximum absolute atomic E-state index is 13.2. The average molecular weight is 453 g/mol. The molecule has 0 aliphatic heterocycles. The number of carbonyl (C=O) groups excluding carboxylic acids is 1. The van der Waals surface area contributed by atoms with Crippen molar-refractivity contribution >= 4 is 17.1 Å². The number of aromatic hydroxyl groups is 1. The number of aryl methyl sites for hydroxylation is 3. The van der Waals surface area contributed by atoms with E-state index in [-0.39, 0.29) is 18.4 Å². The van der Waals surface area contributed by atoms with E-state index in [1.807, 2.05) is 11.6 Å². The largest absolute Gasteiger partial charge is 0.493 e. The number of nitrogens with zero attached hydrogens (tertiary/aromatic N) is 7. The molecule has 0 radical (unpaired) electrons. The number of aromatic nitrogens is 7. The molecule has 0 aromatic carbocycles. The molecule has 1 atom stereocenters. The van der Waals surface area contributed by atoms with E-state index in [9.17, 15) is 9.90 Å². The number of nitrogens with one attached hydrogen (secondary N) is 1. The first-order valence-corrected chi connectivity index (χ1v) is 10.8. The Morgan fingerprint density at radius 3 is 2.67 bits per heavy atom. The van der Waals surface area contributed by atoms with E-state index in [4.69, 9.17) is 5.11 Å². The first kappa shape index (κ1) is 22.5. The molecule has 11 heteroatoms. The van der Waals surface area contributed by atoms with Crippen molar-refractivity contribution in [1.29, 1.82) is 0 Å². The fraction of sp³-hybridized carbons (Fsp3) is 0.409. The third-order valence-electron chi connectivity index (χ3n) is 5.61. The zero-order valence-corrected chi connectivity index (χ0v) is 19.1. The second kappa shape index (κ2) is 9.02. The Morgan fingerprint density at radius 1 is 1.21 bits per heavy atom. The Labute approximate surface area is 190 Å². The summed E-state index contributed by atoms with van der Waals surface area (Å²) in [7, 11) is 3.47. The van der Waals surface area contributed by atoms with Crippen molar-refractivity contribution < 1.29 is 15.0 Å². The number of amides is 1. The van der Waals surface area contributed by atoms with Gasteiger partial charge in [0.1, 0.15) is 5.52 Å². The van der Waals surface area contributed by atoms with Gasteiger partial charge in [0.25, 0.3) is 5.91 Å². The van der Waals surface area contributed by atoms with Gasteiger partial charge >= 0.3 is 0 Å². The van der Waals surface area contributed by atoms with Gasteiger partial charge in [-0.2, -0.15) is 15.2 Å². The first-order valence-electron chi connectivity index (χ1n) is 10.8. The third-order valence-corrected chi connectivity index (χ3v) is 5.61. The van der Waals surface area contributed by atoms with Gasteiger partial charge in [-0.05, 0) is 37.8 Å². The molecule has 4 heterocycles. The lowest BCUT2D eigenvalue weighted by Crippen LogP contribution is -2.25. The molecule has 1 amide bonds. The summed E-state index contributed by atoms with van der Waals surface area (Å²) < 4.78 is 5.03. The highest BCUT2D eigenvalue weighted by Gasteiger charge is 2.17. The van der Waals surface area contributed by atoms with Crippen LogP contribution in [0.3, 0.4) is 0 Å². The van der Waals surface area contributed by atoms with Crippen LogP contribution in [-0.2, 0) is 20.6 Å². The zero-order valence-electron chi connectivity index (χ0n) is 19.1. The Kier molecular flexibility index (Phi) is 6.14. The molecule has 0 saturated carbocycles. The van der Waals surface area contributed by atoms with Crippen molar-refractivity contribution in [2.75, 3.05) is 6.61 Å². The van der Waals surface area contributed by atoms with E-state index in [1.54, 1.807) is 37.0 Å². The monoisotopic (exact) mass is 452 g/mol. The van der Waals surface area contributed by atoms with E-state index in [0.717, 1.165) is 17.6 Å². The number of fused-ring (bicyclic) bond motifs is 1. The van der Waals surface area contributed by atoms with Crippen LogP contribution in [0.15, 0.2) is 29.5 Å². The van der Waals surface area contributed by atoms with Gasteiger partial charge in [-0.3, -0.25) is 19.0 Å². The second-order valence-electron chi connectivity index (χ2n) is 8.34. The highest BCUT2D eigenvalue weighted by molar-refractivity contribution is 5.96. The molecule has 4 aromatic heterocycles. The minimum absolute atomic E-state index is 0.0266. The standard InChI is InChI=1S/C22H28N8O3/c1-13(6-5-7-31)12-30-20-18(11-24-28(20)3)26-22(30)27-19(32)15-8-14(2)25-17(9-15)16-10-23-29(4)21(16)33/h8-11,13,31,33H,5-7,12H2,1-4H3,(H,26,27,32)/t13-/m1/s1. The van der Waals surface area contributed by atoms with E-state index in [1.165, 1.54) is 10.9 Å². The van der Waals surface area contributed by atoms with Crippen LogP contribution in [0.1, 0.15) is 35.8 Å². The predicted molar refractivity (Wildman–Crippen MR) is 121 cm³/mol. The molecule has 0 fully saturated rings. The summed E-state index contributed by atoms with van der Waals surface area (Å²) in [5.41, 5.74) is 3.93. The van der Waals surface area contributed by atoms with E-state index in [0.29, 0.717) is 41.1 Å². The summed E-state index contributed by atoms with van der Waals surface area (Å²) in [5.74, 6) is -0.189. The number of imidazole rings is 1. The number of hydrogen-bond donors (Lipinski definition) is 3. The van der Waals surface area contributed by atoms with Crippen molar-refractivity contribution in [3.05, 3.63) is 41.4 Å². The summed E-state index contributed by atoms with van der Waals surface area (Å²) in [6.07, 6.45) is 4.78. The van der Waals surface area contributed by atoms with Crippen LogP contribution in [0.4, 0.5) is 0 Å². The summed E-state index contributed by atoms with van der Waals surface area (Å²) >= 11 is 0. The SMILES string of the molecule is Cc1cc(C(=O)/N=c2\[nH]c3cnn(C)c3n2C[C@H](C)CCCO)cc(-c2cnn(C)c2O)n1. The minimum Gasteiger partial charge on any atom is -0.493 e. The van der Waals surface area contributed by atoms with Crippen molar-refractivity contribution in [3.8, 4) is 17.1 Å². The van der Waals surface area contributed by atoms with E-state index in [2.05, 4.69) is 32.1 Å². The van der Waals surface area contributed by atoms with Crippen molar-refractivity contribution in [1.82, 2.24) is 34.1 Å². The van der Waals surface area contributed by atoms with Gasteiger partial charge in [0.05, 0.1) is 23.7 Å². The normalized spacial score (nSPS) is 13.2. The summed E-state index contributed by atoms with van der Waals surface area (Å²) in [4.78, 5) is 25.2. The Balaban J connectivity index is 1.75. The number of aliphatic hydroxyl groups is 1. The van der Waals surface area contributed by atoms with Crippen LogP contribution >= 0.6 is 0 Å². The minimum atomic E-state index is -0.429. The molecule has 0 aliphatic rings. The van der Waals surface area contributed by atoms with Gasteiger partial charge in [0.2, 0.25) is 11.5 Å². The first-order chi connectivity index (χ1) is 15.8. The van der Waals surface area contributed by atoms with Gasteiger partial charge < -0.3 is 15.2 Å². The van der Waals surface area contributed by atoms with Crippen LogP contribution in [0.2, 0.25) is 0 Å². The molecule has 33 heavy (non-hydrogen) atoms. The number of pyridine rings is 1. The fourth-order valence-electron chi connectivity index (χ4n) is 3.93. The summed E-state index contributed by atoms with van der Waals surface area (Å²) in [6, 6.07) is 3.27. The van der Waals surface area contributed by atoms with Crippen LogP contribution in [0, 0.1) is 12.8 Å². The fourth-order valence-corrected chi connectivity index (χ4v) is 3.93. The molecule has 4 aromatic rings. The maximum Gasteiger partial charge on any atom is 0.280 e. The van der Waals surface area contributed by atoms with Crippen molar-refractivity contribution in [2.45, 2.75) is 33.2 Å². The molecule has 0 saturated heterocycles. The lowest BCUT2D eigenvalue weighted by Gasteiger charge is -2.12. The van der Waals surface area contributed by atoms with Gasteiger partial charge in [0, 0.05) is 38.5 Å². The molecule has 11 nitrogen and oxygen atoms in total. The van der Waals surface area contributed by atoms with Crippen molar-refractivity contribution in [2.24, 2.45) is 25.0 Å². The van der Waals surface area contributed by atoms with Crippen LogP contribution in [0.25, 0.3) is 22.4 Å². The summed E-state index contributed by atoms with van der Waals surface area (Å²) in [5, 5.41) is 27.7.